The molecule has 0 fully saturated rings. The quantitative estimate of drug-likeness (QED) is 0.363. The lowest BCUT2D eigenvalue weighted by Gasteiger charge is -2.01. The lowest BCUT2D eigenvalue weighted by Crippen LogP contribution is -2.07. The summed E-state index contributed by atoms with van der Waals surface area (Å²) in [5.74, 6) is 0. The number of hydrogen-bond acceptors (Lipinski definition) is 3. The molecule has 0 aromatic heterocycles. The van der Waals surface area contributed by atoms with E-state index in [9.17, 15) is 4.79 Å². The summed E-state index contributed by atoms with van der Waals surface area (Å²) in [4.78, 5) is 10.6. The first kappa shape index (κ1) is 11.0. The van der Waals surface area contributed by atoms with E-state index < -0.39 is 6.16 Å². The van der Waals surface area contributed by atoms with Crippen LogP contribution in [0.4, 0.5) is 4.79 Å². The fourth-order valence-electron chi connectivity index (χ4n) is 0.654. The van der Waals surface area contributed by atoms with Crippen LogP contribution in [-0.4, -0.2) is 19.4 Å². The van der Waals surface area contributed by atoms with E-state index in [1.807, 2.05) is 12.2 Å². The van der Waals surface area contributed by atoms with Gasteiger partial charge >= 0.3 is 6.16 Å². The van der Waals surface area contributed by atoms with Gasteiger partial charge in [-0.2, -0.15) is 0 Å². The van der Waals surface area contributed by atoms with Crippen LogP contribution in [0, 0.1) is 0 Å². The molecule has 3 heteroatoms. The molecule has 0 heterocycles. The van der Waals surface area contributed by atoms with Crippen molar-refractivity contribution in [2.75, 3.05) is 13.2 Å². The van der Waals surface area contributed by atoms with Gasteiger partial charge in [-0.3, -0.25) is 0 Å². The van der Waals surface area contributed by atoms with Crippen LogP contribution in [-0.2, 0) is 9.47 Å². The van der Waals surface area contributed by atoms with E-state index in [0.717, 1.165) is 12.8 Å². The van der Waals surface area contributed by atoms with Gasteiger partial charge in [-0.05, 0) is 19.8 Å². The van der Waals surface area contributed by atoms with Gasteiger partial charge < -0.3 is 9.47 Å². The topological polar surface area (TPSA) is 35.5 Å². The number of carbonyl (C=O) groups is 1. The van der Waals surface area contributed by atoms with Crippen LogP contribution in [0.1, 0.15) is 26.7 Å². The molecule has 0 radical (unpaired) electrons. The monoisotopic (exact) mass is 172 g/mol. The Morgan fingerprint density at radius 2 is 2.00 bits per heavy atom. The molecule has 0 atom stereocenters. The second kappa shape index (κ2) is 8.11. The van der Waals surface area contributed by atoms with Crippen molar-refractivity contribution in [3.63, 3.8) is 0 Å². The SMILES string of the molecule is CC/C=C/CCOC(=O)OCC. The smallest absolute Gasteiger partial charge is 0.435 e. The Balaban J connectivity index is 3.19. The van der Waals surface area contributed by atoms with E-state index in [0.29, 0.717) is 13.2 Å². The Hall–Kier alpha value is -0.990. The first-order valence-electron chi connectivity index (χ1n) is 4.25. The molecular formula is C9H16O3. The molecule has 70 valence electrons. The molecule has 0 saturated carbocycles. The molecule has 0 rings (SSSR count). The van der Waals surface area contributed by atoms with E-state index >= 15 is 0 Å². The van der Waals surface area contributed by atoms with Crippen molar-refractivity contribution >= 4 is 6.16 Å². The molecule has 0 aliphatic carbocycles. The zero-order chi connectivity index (χ0) is 9.23. The fraction of sp³-hybridized carbons (Fsp3) is 0.667. The van der Waals surface area contributed by atoms with Crippen molar-refractivity contribution in [2.45, 2.75) is 26.7 Å². The third kappa shape index (κ3) is 7.12. The Kier molecular flexibility index (Phi) is 7.44. The van der Waals surface area contributed by atoms with Crippen molar-refractivity contribution < 1.29 is 14.3 Å². The minimum absolute atomic E-state index is 0.365. The van der Waals surface area contributed by atoms with Gasteiger partial charge in [0.05, 0.1) is 13.2 Å². The Morgan fingerprint density at radius 1 is 1.25 bits per heavy atom. The van der Waals surface area contributed by atoms with Gasteiger partial charge in [0, 0.05) is 0 Å². The van der Waals surface area contributed by atoms with Crippen LogP contribution in [0.15, 0.2) is 12.2 Å². The van der Waals surface area contributed by atoms with Gasteiger partial charge in [0.2, 0.25) is 0 Å². The maximum absolute atomic E-state index is 10.6. The summed E-state index contributed by atoms with van der Waals surface area (Å²) in [6.45, 7) is 4.57. The van der Waals surface area contributed by atoms with E-state index in [-0.39, 0.29) is 0 Å². The molecule has 0 aromatic carbocycles. The first-order chi connectivity index (χ1) is 5.81. The standard InChI is InChI=1S/C9H16O3/c1-3-5-6-7-8-12-9(10)11-4-2/h5-6H,3-4,7-8H2,1-2H3/b6-5+. The summed E-state index contributed by atoms with van der Waals surface area (Å²) in [6, 6.07) is 0. The second-order valence-electron chi connectivity index (χ2n) is 2.20. The largest absolute Gasteiger partial charge is 0.508 e. The molecule has 0 saturated heterocycles. The molecule has 12 heavy (non-hydrogen) atoms. The molecule has 0 spiro atoms. The third-order valence-electron chi connectivity index (χ3n) is 1.17. The Morgan fingerprint density at radius 3 is 2.58 bits per heavy atom. The average Bonchev–Trinajstić information content (AvgIpc) is 2.05. The number of rotatable bonds is 5. The van der Waals surface area contributed by atoms with E-state index in [2.05, 4.69) is 11.7 Å². The number of carbonyl (C=O) groups excluding carboxylic acids is 1. The van der Waals surface area contributed by atoms with E-state index in [4.69, 9.17) is 4.74 Å². The zero-order valence-corrected chi connectivity index (χ0v) is 7.71. The summed E-state index contributed by atoms with van der Waals surface area (Å²) in [5, 5.41) is 0. The summed E-state index contributed by atoms with van der Waals surface area (Å²) in [7, 11) is 0. The van der Waals surface area contributed by atoms with Crippen molar-refractivity contribution in [3.05, 3.63) is 12.2 Å². The highest BCUT2D eigenvalue weighted by Gasteiger charge is 1.98. The maximum Gasteiger partial charge on any atom is 0.508 e. The zero-order valence-electron chi connectivity index (χ0n) is 7.71. The molecule has 0 aliphatic heterocycles. The summed E-state index contributed by atoms with van der Waals surface area (Å²) < 4.78 is 9.28. The highest BCUT2D eigenvalue weighted by atomic mass is 16.7. The van der Waals surface area contributed by atoms with Gasteiger partial charge in [0.15, 0.2) is 0 Å². The Labute approximate surface area is 73.4 Å². The molecule has 0 N–H and O–H groups in total. The van der Waals surface area contributed by atoms with Crippen molar-refractivity contribution in [1.29, 1.82) is 0 Å². The molecule has 3 nitrogen and oxygen atoms in total. The van der Waals surface area contributed by atoms with Crippen molar-refractivity contribution in [2.24, 2.45) is 0 Å². The normalized spacial score (nSPS) is 10.2. The van der Waals surface area contributed by atoms with Crippen LogP contribution in [0.25, 0.3) is 0 Å². The van der Waals surface area contributed by atoms with Gasteiger partial charge in [-0.15, -0.1) is 0 Å². The average molecular weight is 172 g/mol. The molecule has 0 unspecified atom stereocenters. The molecule has 0 bridgehead atoms. The summed E-state index contributed by atoms with van der Waals surface area (Å²) >= 11 is 0. The number of ether oxygens (including phenoxy) is 2. The predicted octanol–water partition coefficient (Wildman–Crippen LogP) is 2.52. The first-order valence-corrected chi connectivity index (χ1v) is 4.25. The molecular weight excluding hydrogens is 156 g/mol. The Bertz CT molecular complexity index is 141. The van der Waals surface area contributed by atoms with Gasteiger partial charge in [0.25, 0.3) is 0 Å². The summed E-state index contributed by atoms with van der Waals surface area (Å²) in [5.41, 5.74) is 0. The van der Waals surface area contributed by atoms with Crippen LogP contribution >= 0.6 is 0 Å². The van der Waals surface area contributed by atoms with E-state index in [1.54, 1.807) is 6.92 Å². The third-order valence-corrected chi connectivity index (χ3v) is 1.17. The van der Waals surface area contributed by atoms with Crippen molar-refractivity contribution in [3.8, 4) is 0 Å². The fourth-order valence-corrected chi connectivity index (χ4v) is 0.654. The predicted molar refractivity (Wildman–Crippen MR) is 47.0 cm³/mol. The second-order valence-corrected chi connectivity index (χ2v) is 2.20. The molecule has 0 amide bonds. The lowest BCUT2D eigenvalue weighted by atomic mass is 10.3. The van der Waals surface area contributed by atoms with E-state index in [1.165, 1.54) is 0 Å². The van der Waals surface area contributed by atoms with Gasteiger partial charge in [-0.25, -0.2) is 4.79 Å². The lowest BCUT2D eigenvalue weighted by molar-refractivity contribution is 0.0604. The van der Waals surface area contributed by atoms with Crippen LogP contribution in [0.2, 0.25) is 0 Å². The van der Waals surface area contributed by atoms with Crippen LogP contribution < -0.4 is 0 Å². The minimum atomic E-state index is -0.581. The van der Waals surface area contributed by atoms with Gasteiger partial charge in [0.1, 0.15) is 0 Å². The highest BCUT2D eigenvalue weighted by molar-refractivity contribution is 5.59. The molecule has 0 aliphatic rings. The summed E-state index contributed by atoms with van der Waals surface area (Å²) in [6.07, 6.45) is 5.21. The maximum atomic E-state index is 10.6. The number of allylic oxidation sites excluding steroid dienone is 1. The van der Waals surface area contributed by atoms with Crippen LogP contribution in [0.3, 0.4) is 0 Å². The molecule has 0 aromatic rings. The van der Waals surface area contributed by atoms with Crippen LogP contribution in [0.5, 0.6) is 0 Å². The van der Waals surface area contributed by atoms with Crippen molar-refractivity contribution in [1.82, 2.24) is 0 Å². The minimum Gasteiger partial charge on any atom is -0.435 e. The van der Waals surface area contributed by atoms with Gasteiger partial charge in [-0.1, -0.05) is 19.1 Å². The highest BCUT2D eigenvalue weighted by Crippen LogP contribution is 1.90. The number of hydrogen-bond donors (Lipinski definition) is 0.